The predicted octanol–water partition coefficient (Wildman–Crippen LogP) is 1.82. The van der Waals surface area contributed by atoms with Crippen LogP contribution in [0.3, 0.4) is 0 Å². The van der Waals surface area contributed by atoms with Crippen molar-refractivity contribution in [3.05, 3.63) is 0 Å². The van der Waals surface area contributed by atoms with E-state index < -0.39 is 0 Å². The molecule has 1 aliphatic heterocycles. The lowest BCUT2D eigenvalue weighted by molar-refractivity contribution is -0.0300. The van der Waals surface area contributed by atoms with E-state index in [4.69, 9.17) is 10.6 Å². The Morgan fingerprint density at radius 3 is 2.43 bits per heavy atom. The smallest absolute Gasteiger partial charge is 0.0823 e. The van der Waals surface area contributed by atoms with Crippen LogP contribution in [0.2, 0.25) is 0 Å². The highest BCUT2D eigenvalue weighted by atomic mass is 16.5. The van der Waals surface area contributed by atoms with Gasteiger partial charge in [-0.1, -0.05) is 26.7 Å². The predicted molar refractivity (Wildman–Crippen MR) is 58.8 cm³/mol. The van der Waals surface area contributed by atoms with Crippen LogP contribution in [0.1, 0.15) is 46.5 Å². The van der Waals surface area contributed by atoms with Crippen molar-refractivity contribution in [3.63, 3.8) is 0 Å². The zero-order valence-corrected chi connectivity index (χ0v) is 9.68. The SMILES string of the molecule is CCC(CC)C(NN)C1(C)CCCO1. The molecule has 14 heavy (non-hydrogen) atoms. The molecule has 2 atom stereocenters. The molecule has 84 valence electrons. The summed E-state index contributed by atoms with van der Waals surface area (Å²) in [6.07, 6.45) is 4.60. The van der Waals surface area contributed by atoms with Gasteiger partial charge in [-0.15, -0.1) is 0 Å². The molecule has 3 nitrogen and oxygen atoms in total. The van der Waals surface area contributed by atoms with E-state index in [0.717, 1.165) is 32.3 Å². The van der Waals surface area contributed by atoms with Crippen LogP contribution in [0.5, 0.6) is 0 Å². The van der Waals surface area contributed by atoms with Crippen molar-refractivity contribution in [2.24, 2.45) is 11.8 Å². The van der Waals surface area contributed by atoms with Crippen LogP contribution in [-0.4, -0.2) is 18.2 Å². The number of hydrogen-bond donors (Lipinski definition) is 2. The van der Waals surface area contributed by atoms with Crippen LogP contribution < -0.4 is 11.3 Å². The summed E-state index contributed by atoms with van der Waals surface area (Å²) in [6, 6.07) is 0.292. The fourth-order valence-electron chi connectivity index (χ4n) is 2.62. The molecule has 0 aromatic carbocycles. The molecule has 3 heteroatoms. The minimum Gasteiger partial charge on any atom is -0.374 e. The summed E-state index contributed by atoms with van der Waals surface area (Å²) in [5.74, 6) is 6.27. The summed E-state index contributed by atoms with van der Waals surface area (Å²) in [5.41, 5.74) is 2.91. The van der Waals surface area contributed by atoms with Gasteiger partial charge in [0.1, 0.15) is 0 Å². The molecule has 0 aromatic heterocycles. The largest absolute Gasteiger partial charge is 0.374 e. The Morgan fingerprint density at radius 1 is 1.43 bits per heavy atom. The number of hydrazine groups is 1. The number of hydrogen-bond acceptors (Lipinski definition) is 3. The summed E-state index contributed by atoms with van der Waals surface area (Å²) in [7, 11) is 0. The molecular weight excluding hydrogens is 176 g/mol. The van der Waals surface area contributed by atoms with Gasteiger partial charge in [0.25, 0.3) is 0 Å². The summed E-state index contributed by atoms with van der Waals surface area (Å²) in [4.78, 5) is 0. The molecule has 0 aliphatic carbocycles. The van der Waals surface area contributed by atoms with E-state index in [9.17, 15) is 0 Å². The van der Waals surface area contributed by atoms with Gasteiger partial charge in [-0.3, -0.25) is 11.3 Å². The van der Waals surface area contributed by atoms with E-state index in [1.54, 1.807) is 0 Å². The van der Waals surface area contributed by atoms with Gasteiger partial charge in [0.15, 0.2) is 0 Å². The van der Waals surface area contributed by atoms with E-state index in [-0.39, 0.29) is 5.60 Å². The first-order valence-corrected chi connectivity index (χ1v) is 5.78. The van der Waals surface area contributed by atoms with Gasteiger partial charge in [0.2, 0.25) is 0 Å². The van der Waals surface area contributed by atoms with Crippen LogP contribution in [0.25, 0.3) is 0 Å². The molecular formula is C11H24N2O. The fourth-order valence-corrected chi connectivity index (χ4v) is 2.62. The Hall–Kier alpha value is -0.120. The molecule has 1 aliphatic rings. The monoisotopic (exact) mass is 200 g/mol. The number of rotatable bonds is 5. The maximum Gasteiger partial charge on any atom is 0.0823 e. The third-order valence-electron chi connectivity index (χ3n) is 3.61. The average Bonchev–Trinajstić information content (AvgIpc) is 2.62. The molecule has 1 fully saturated rings. The van der Waals surface area contributed by atoms with Gasteiger partial charge in [0.05, 0.1) is 11.6 Å². The minimum absolute atomic E-state index is 0.0502. The molecule has 0 bridgehead atoms. The summed E-state index contributed by atoms with van der Waals surface area (Å²) in [5, 5.41) is 0. The summed E-state index contributed by atoms with van der Waals surface area (Å²) < 4.78 is 5.84. The lowest BCUT2D eigenvalue weighted by Gasteiger charge is -2.37. The Bertz CT molecular complexity index is 163. The first-order valence-electron chi connectivity index (χ1n) is 5.78. The molecule has 3 N–H and O–H groups in total. The van der Waals surface area contributed by atoms with Gasteiger partial charge in [-0.05, 0) is 25.7 Å². The van der Waals surface area contributed by atoms with Crippen molar-refractivity contribution in [1.82, 2.24) is 5.43 Å². The van der Waals surface area contributed by atoms with Crippen LogP contribution in [0.15, 0.2) is 0 Å². The van der Waals surface area contributed by atoms with Gasteiger partial charge in [-0.2, -0.15) is 0 Å². The van der Waals surface area contributed by atoms with Crippen molar-refractivity contribution in [3.8, 4) is 0 Å². The third kappa shape index (κ3) is 2.27. The van der Waals surface area contributed by atoms with Gasteiger partial charge in [0, 0.05) is 6.61 Å². The summed E-state index contributed by atoms with van der Waals surface area (Å²) in [6.45, 7) is 7.51. The standard InChI is InChI=1S/C11H24N2O/c1-4-9(5-2)10(13-12)11(3)7-6-8-14-11/h9-10,13H,4-8,12H2,1-3H3. The molecule has 1 rings (SSSR count). The van der Waals surface area contributed by atoms with Gasteiger partial charge >= 0.3 is 0 Å². The van der Waals surface area contributed by atoms with Crippen molar-refractivity contribution in [2.75, 3.05) is 6.61 Å². The van der Waals surface area contributed by atoms with Crippen LogP contribution in [0, 0.1) is 5.92 Å². The third-order valence-corrected chi connectivity index (χ3v) is 3.61. The quantitative estimate of drug-likeness (QED) is 0.526. The Balaban J connectivity index is 2.68. The van der Waals surface area contributed by atoms with Gasteiger partial charge < -0.3 is 4.74 Å². The molecule has 0 amide bonds. The van der Waals surface area contributed by atoms with E-state index in [1.807, 2.05) is 0 Å². The first kappa shape index (κ1) is 12.0. The van der Waals surface area contributed by atoms with Crippen LogP contribution in [-0.2, 0) is 4.74 Å². The number of nitrogens with two attached hydrogens (primary N) is 1. The summed E-state index contributed by atoms with van der Waals surface area (Å²) >= 11 is 0. The second-order valence-corrected chi connectivity index (χ2v) is 4.49. The Labute approximate surface area is 87.4 Å². The minimum atomic E-state index is -0.0502. The maximum absolute atomic E-state index is 5.84. The van der Waals surface area contributed by atoms with Crippen LogP contribution >= 0.6 is 0 Å². The second kappa shape index (κ2) is 5.10. The lowest BCUT2D eigenvalue weighted by atomic mass is 9.81. The zero-order valence-electron chi connectivity index (χ0n) is 9.68. The molecule has 1 saturated heterocycles. The normalized spacial score (nSPS) is 29.8. The highest BCUT2D eigenvalue weighted by Gasteiger charge is 2.40. The molecule has 1 heterocycles. The van der Waals surface area contributed by atoms with E-state index in [2.05, 4.69) is 26.2 Å². The highest BCUT2D eigenvalue weighted by Crippen LogP contribution is 2.33. The fraction of sp³-hybridized carbons (Fsp3) is 1.00. The van der Waals surface area contributed by atoms with E-state index in [0.29, 0.717) is 12.0 Å². The van der Waals surface area contributed by atoms with Crippen molar-refractivity contribution >= 4 is 0 Å². The molecule has 0 aromatic rings. The molecule has 0 spiro atoms. The average molecular weight is 200 g/mol. The first-order chi connectivity index (χ1) is 6.68. The Morgan fingerprint density at radius 2 is 2.07 bits per heavy atom. The Kier molecular flexibility index (Phi) is 4.35. The van der Waals surface area contributed by atoms with E-state index >= 15 is 0 Å². The number of nitrogens with one attached hydrogen (secondary N) is 1. The van der Waals surface area contributed by atoms with Crippen molar-refractivity contribution < 1.29 is 4.74 Å². The second-order valence-electron chi connectivity index (χ2n) is 4.49. The molecule has 0 saturated carbocycles. The maximum atomic E-state index is 5.84. The topological polar surface area (TPSA) is 47.3 Å². The van der Waals surface area contributed by atoms with E-state index in [1.165, 1.54) is 0 Å². The lowest BCUT2D eigenvalue weighted by Crippen LogP contribution is -2.55. The zero-order chi connectivity index (χ0) is 10.6. The number of ether oxygens (including phenoxy) is 1. The van der Waals surface area contributed by atoms with Crippen molar-refractivity contribution in [2.45, 2.75) is 58.1 Å². The molecule has 2 unspecified atom stereocenters. The van der Waals surface area contributed by atoms with Gasteiger partial charge in [-0.25, -0.2) is 0 Å². The van der Waals surface area contributed by atoms with Crippen molar-refractivity contribution in [1.29, 1.82) is 0 Å². The van der Waals surface area contributed by atoms with Crippen LogP contribution in [0.4, 0.5) is 0 Å². The highest BCUT2D eigenvalue weighted by molar-refractivity contribution is 4.94. The molecule has 0 radical (unpaired) electrons.